The van der Waals surface area contributed by atoms with Gasteiger partial charge in [0.25, 0.3) is 5.91 Å². The number of carbonyl (C=O) groups is 2. The number of esters is 1. The van der Waals surface area contributed by atoms with Crippen molar-refractivity contribution in [2.24, 2.45) is 0 Å². The molecule has 0 spiro atoms. The highest BCUT2D eigenvalue weighted by atomic mass is 35.5. The lowest BCUT2D eigenvalue weighted by Crippen LogP contribution is -2.38. The molecule has 1 atom stereocenters. The molecule has 0 aromatic heterocycles. The summed E-state index contributed by atoms with van der Waals surface area (Å²) in [7, 11) is 2.84. The predicted octanol–water partition coefficient (Wildman–Crippen LogP) is 1.66. The van der Waals surface area contributed by atoms with Gasteiger partial charge in [-0.25, -0.2) is 4.79 Å². The van der Waals surface area contributed by atoms with Gasteiger partial charge in [0, 0.05) is 13.2 Å². The number of carbonyl (C=O) groups excluding carboxylic acids is 2. The number of ether oxygens (including phenoxy) is 3. The van der Waals surface area contributed by atoms with E-state index in [1.165, 1.54) is 25.3 Å². The van der Waals surface area contributed by atoms with E-state index in [-0.39, 0.29) is 23.6 Å². The third-order valence-corrected chi connectivity index (χ3v) is 2.83. The van der Waals surface area contributed by atoms with Gasteiger partial charge in [-0.3, -0.25) is 4.79 Å². The molecule has 0 saturated carbocycles. The monoisotopic (exact) mass is 315 g/mol. The van der Waals surface area contributed by atoms with Gasteiger partial charge in [0.2, 0.25) is 0 Å². The van der Waals surface area contributed by atoms with Gasteiger partial charge in [-0.1, -0.05) is 11.6 Å². The SMILES string of the molecule is COCC(C)NC(=O)COc1ccc(C(=O)OC)cc1Cl. The summed E-state index contributed by atoms with van der Waals surface area (Å²) in [6.07, 6.45) is 0. The van der Waals surface area contributed by atoms with Crippen molar-refractivity contribution in [2.45, 2.75) is 13.0 Å². The van der Waals surface area contributed by atoms with Crippen LogP contribution in [0.5, 0.6) is 5.75 Å². The number of rotatable bonds is 7. The van der Waals surface area contributed by atoms with Crippen LogP contribution in [-0.4, -0.2) is 45.4 Å². The molecular weight excluding hydrogens is 298 g/mol. The quantitative estimate of drug-likeness (QED) is 0.775. The lowest BCUT2D eigenvalue weighted by molar-refractivity contribution is -0.124. The summed E-state index contributed by atoms with van der Waals surface area (Å²) in [4.78, 5) is 23.0. The average Bonchev–Trinajstić information content (AvgIpc) is 2.45. The first-order valence-electron chi connectivity index (χ1n) is 6.27. The molecule has 1 aromatic rings. The van der Waals surface area contributed by atoms with Crippen molar-refractivity contribution in [1.29, 1.82) is 0 Å². The van der Waals surface area contributed by atoms with Crippen molar-refractivity contribution < 1.29 is 23.8 Å². The number of hydrogen-bond acceptors (Lipinski definition) is 5. The molecule has 1 N–H and O–H groups in total. The Balaban J connectivity index is 2.56. The van der Waals surface area contributed by atoms with Gasteiger partial charge in [0.1, 0.15) is 5.75 Å². The van der Waals surface area contributed by atoms with Gasteiger partial charge in [-0.15, -0.1) is 0 Å². The second-order valence-electron chi connectivity index (χ2n) is 4.35. The lowest BCUT2D eigenvalue weighted by Gasteiger charge is -2.13. The lowest BCUT2D eigenvalue weighted by atomic mass is 10.2. The Morgan fingerprint density at radius 1 is 1.33 bits per heavy atom. The topological polar surface area (TPSA) is 73.9 Å². The van der Waals surface area contributed by atoms with Gasteiger partial charge in [0.05, 0.1) is 24.3 Å². The zero-order valence-electron chi connectivity index (χ0n) is 12.1. The molecule has 1 amide bonds. The molecule has 0 aliphatic carbocycles. The highest BCUT2D eigenvalue weighted by Gasteiger charge is 2.12. The van der Waals surface area contributed by atoms with Crippen molar-refractivity contribution in [3.63, 3.8) is 0 Å². The van der Waals surface area contributed by atoms with E-state index in [9.17, 15) is 9.59 Å². The van der Waals surface area contributed by atoms with Crippen LogP contribution < -0.4 is 10.1 Å². The van der Waals surface area contributed by atoms with Crippen molar-refractivity contribution in [2.75, 3.05) is 27.4 Å². The van der Waals surface area contributed by atoms with Crippen LogP contribution in [0.2, 0.25) is 5.02 Å². The fourth-order valence-electron chi connectivity index (χ4n) is 1.61. The van der Waals surface area contributed by atoms with Gasteiger partial charge in [-0.2, -0.15) is 0 Å². The Morgan fingerprint density at radius 2 is 2.05 bits per heavy atom. The van der Waals surface area contributed by atoms with E-state index in [0.29, 0.717) is 17.9 Å². The Morgan fingerprint density at radius 3 is 2.62 bits per heavy atom. The van der Waals surface area contributed by atoms with Crippen LogP contribution in [0.3, 0.4) is 0 Å². The third-order valence-electron chi connectivity index (χ3n) is 2.54. The number of nitrogens with one attached hydrogen (secondary N) is 1. The smallest absolute Gasteiger partial charge is 0.337 e. The minimum absolute atomic E-state index is 0.108. The number of hydrogen-bond donors (Lipinski definition) is 1. The Labute approximate surface area is 128 Å². The van der Waals surface area contributed by atoms with Crippen LogP contribution in [0.25, 0.3) is 0 Å². The largest absolute Gasteiger partial charge is 0.482 e. The third kappa shape index (κ3) is 5.61. The molecule has 0 fully saturated rings. The molecule has 0 bridgehead atoms. The molecule has 1 aromatic carbocycles. The molecule has 116 valence electrons. The zero-order chi connectivity index (χ0) is 15.8. The summed E-state index contributed by atoms with van der Waals surface area (Å²) >= 11 is 5.98. The normalized spacial score (nSPS) is 11.6. The molecule has 7 heteroatoms. The van der Waals surface area contributed by atoms with E-state index in [1.807, 2.05) is 6.92 Å². The maximum atomic E-state index is 11.6. The van der Waals surface area contributed by atoms with Crippen LogP contribution in [0.4, 0.5) is 0 Å². The van der Waals surface area contributed by atoms with Gasteiger partial charge >= 0.3 is 5.97 Å². The number of halogens is 1. The number of amides is 1. The predicted molar refractivity (Wildman–Crippen MR) is 77.8 cm³/mol. The fraction of sp³-hybridized carbons (Fsp3) is 0.429. The first kappa shape index (κ1) is 17.3. The molecular formula is C14H18ClNO5. The minimum atomic E-state index is -0.491. The molecule has 6 nitrogen and oxygen atoms in total. The summed E-state index contributed by atoms with van der Waals surface area (Å²) < 4.78 is 14.8. The molecule has 0 aliphatic heterocycles. The van der Waals surface area contributed by atoms with E-state index in [4.69, 9.17) is 21.1 Å². The molecule has 0 radical (unpaired) electrons. The van der Waals surface area contributed by atoms with Crippen LogP contribution in [0.15, 0.2) is 18.2 Å². The average molecular weight is 316 g/mol. The summed E-state index contributed by atoms with van der Waals surface area (Å²) in [5, 5.41) is 2.94. The molecule has 0 saturated heterocycles. The first-order chi connectivity index (χ1) is 9.97. The highest BCUT2D eigenvalue weighted by Crippen LogP contribution is 2.25. The van der Waals surface area contributed by atoms with Crippen LogP contribution in [0.1, 0.15) is 17.3 Å². The molecule has 1 unspecified atom stereocenters. The summed E-state index contributed by atoms with van der Waals surface area (Å²) in [5.74, 6) is -0.457. The fourth-order valence-corrected chi connectivity index (χ4v) is 1.85. The second-order valence-corrected chi connectivity index (χ2v) is 4.76. The number of methoxy groups -OCH3 is 2. The van der Waals surface area contributed by atoms with E-state index >= 15 is 0 Å². The highest BCUT2D eigenvalue weighted by molar-refractivity contribution is 6.32. The summed E-state index contributed by atoms with van der Waals surface area (Å²) in [5.41, 5.74) is 0.313. The second kappa shape index (κ2) is 8.49. The van der Waals surface area contributed by atoms with Gasteiger partial charge in [0.15, 0.2) is 6.61 Å². The van der Waals surface area contributed by atoms with Crippen LogP contribution in [0, 0.1) is 0 Å². The van der Waals surface area contributed by atoms with E-state index in [2.05, 4.69) is 10.1 Å². The molecule has 0 heterocycles. The maximum Gasteiger partial charge on any atom is 0.337 e. The zero-order valence-corrected chi connectivity index (χ0v) is 12.9. The molecule has 0 aliphatic rings. The standard InChI is InChI=1S/C14H18ClNO5/c1-9(7-19-2)16-13(17)8-21-12-5-4-10(6-11(12)15)14(18)20-3/h4-6,9H,7-8H2,1-3H3,(H,16,17). The first-order valence-corrected chi connectivity index (χ1v) is 6.64. The Kier molecular flexibility index (Phi) is 6.98. The minimum Gasteiger partial charge on any atom is -0.482 e. The van der Waals surface area contributed by atoms with Gasteiger partial charge < -0.3 is 19.5 Å². The summed E-state index contributed by atoms with van der Waals surface area (Å²) in [6.45, 7) is 2.06. The van der Waals surface area contributed by atoms with Crippen molar-refractivity contribution in [3.8, 4) is 5.75 Å². The molecule has 21 heavy (non-hydrogen) atoms. The number of benzene rings is 1. The van der Waals surface area contributed by atoms with Gasteiger partial charge in [-0.05, 0) is 25.1 Å². The van der Waals surface area contributed by atoms with Crippen molar-refractivity contribution in [1.82, 2.24) is 5.32 Å². The van der Waals surface area contributed by atoms with Crippen LogP contribution >= 0.6 is 11.6 Å². The Hall–Kier alpha value is -1.79. The van der Waals surface area contributed by atoms with Crippen LogP contribution in [-0.2, 0) is 14.3 Å². The van der Waals surface area contributed by atoms with E-state index in [1.54, 1.807) is 7.11 Å². The van der Waals surface area contributed by atoms with E-state index < -0.39 is 5.97 Å². The summed E-state index contributed by atoms with van der Waals surface area (Å²) in [6, 6.07) is 4.34. The maximum absolute atomic E-state index is 11.6. The van der Waals surface area contributed by atoms with E-state index in [0.717, 1.165) is 0 Å². The molecule has 1 rings (SSSR count). The van der Waals surface area contributed by atoms with Crippen molar-refractivity contribution >= 4 is 23.5 Å². The Bertz CT molecular complexity index is 506. The van der Waals surface area contributed by atoms with Crippen molar-refractivity contribution in [3.05, 3.63) is 28.8 Å².